The summed E-state index contributed by atoms with van der Waals surface area (Å²) >= 11 is 5.89. The number of halogens is 2. The normalized spacial score (nSPS) is 14.3. The van der Waals surface area contributed by atoms with Crippen molar-refractivity contribution in [1.29, 1.82) is 0 Å². The van der Waals surface area contributed by atoms with Crippen molar-refractivity contribution in [3.05, 3.63) is 34.3 Å². The molecule has 1 aromatic carbocycles. The molecule has 0 amide bonds. The van der Waals surface area contributed by atoms with Crippen LogP contribution in [-0.2, 0) is 4.74 Å². The average molecular weight is 439 g/mol. The van der Waals surface area contributed by atoms with Gasteiger partial charge in [-0.05, 0) is 30.0 Å². The lowest BCUT2D eigenvalue weighted by Crippen LogP contribution is -2.14. The van der Waals surface area contributed by atoms with Crippen molar-refractivity contribution >= 4 is 38.5 Å². The topological polar surface area (TPSA) is 9.23 Å². The van der Waals surface area contributed by atoms with Gasteiger partial charge in [0.25, 0.3) is 0 Å². The van der Waals surface area contributed by atoms with Crippen LogP contribution in [0.15, 0.2) is 28.7 Å². The van der Waals surface area contributed by atoms with E-state index < -0.39 is 0 Å². The van der Waals surface area contributed by atoms with E-state index in [1.807, 2.05) is 0 Å². The van der Waals surface area contributed by atoms with E-state index in [9.17, 15) is 0 Å². The summed E-state index contributed by atoms with van der Waals surface area (Å²) < 4.78 is 8.27. The van der Waals surface area contributed by atoms with Gasteiger partial charge in [-0.1, -0.05) is 83.8 Å². The lowest BCUT2D eigenvalue weighted by molar-refractivity contribution is 0.0402. The molecule has 0 N–H and O–H groups in total. The standard InChI is InChI=1S/C16H24BrIO/c1-3-5-6-13(4-2)12-19-16(11-18)14-7-9-15(17)10-8-14/h7-10,13,16H,3-6,11-12H2,1-2H3. The number of rotatable bonds is 9. The monoisotopic (exact) mass is 438 g/mol. The largest absolute Gasteiger partial charge is 0.372 e. The molecule has 0 heterocycles. The first-order chi connectivity index (χ1) is 9.21. The van der Waals surface area contributed by atoms with E-state index in [4.69, 9.17) is 4.74 Å². The Morgan fingerprint density at radius 3 is 2.42 bits per heavy atom. The zero-order valence-electron chi connectivity index (χ0n) is 11.9. The summed E-state index contributed by atoms with van der Waals surface area (Å²) in [7, 11) is 0. The Kier molecular flexibility index (Phi) is 9.33. The van der Waals surface area contributed by atoms with Gasteiger partial charge in [-0.25, -0.2) is 0 Å². The van der Waals surface area contributed by atoms with Gasteiger partial charge in [-0.3, -0.25) is 0 Å². The average Bonchev–Trinajstić information content (AvgIpc) is 2.44. The highest BCUT2D eigenvalue weighted by Crippen LogP contribution is 2.24. The van der Waals surface area contributed by atoms with Crippen molar-refractivity contribution in [3.63, 3.8) is 0 Å². The SMILES string of the molecule is CCCCC(CC)COC(CI)c1ccc(Br)cc1. The van der Waals surface area contributed by atoms with Crippen LogP contribution in [0.25, 0.3) is 0 Å². The van der Waals surface area contributed by atoms with Crippen LogP contribution in [0.1, 0.15) is 51.2 Å². The van der Waals surface area contributed by atoms with Gasteiger partial charge in [0.2, 0.25) is 0 Å². The summed E-state index contributed by atoms with van der Waals surface area (Å²) in [5.41, 5.74) is 1.28. The number of hydrogen-bond acceptors (Lipinski definition) is 1. The summed E-state index contributed by atoms with van der Waals surface area (Å²) in [6, 6.07) is 8.49. The Hall–Kier alpha value is 0.390. The minimum atomic E-state index is 0.226. The molecule has 0 aliphatic carbocycles. The molecule has 0 aromatic heterocycles. The van der Waals surface area contributed by atoms with Gasteiger partial charge >= 0.3 is 0 Å². The van der Waals surface area contributed by atoms with Crippen molar-refractivity contribution in [1.82, 2.24) is 0 Å². The van der Waals surface area contributed by atoms with Crippen LogP contribution in [0.5, 0.6) is 0 Å². The van der Waals surface area contributed by atoms with E-state index in [2.05, 4.69) is 76.6 Å². The Morgan fingerprint density at radius 2 is 1.89 bits per heavy atom. The molecule has 0 saturated heterocycles. The van der Waals surface area contributed by atoms with Gasteiger partial charge in [0.1, 0.15) is 0 Å². The second-order valence-corrected chi connectivity index (χ2v) is 6.74. The second kappa shape index (κ2) is 10.2. The molecule has 1 nitrogen and oxygen atoms in total. The van der Waals surface area contributed by atoms with E-state index in [0.29, 0.717) is 5.92 Å². The van der Waals surface area contributed by atoms with Crippen molar-refractivity contribution in [3.8, 4) is 0 Å². The maximum atomic E-state index is 6.14. The molecule has 0 bridgehead atoms. The first-order valence-corrected chi connectivity index (χ1v) is 9.46. The fraction of sp³-hybridized carbons (Fsp3) is 0.625. The van der Waals surface area contributed by atoms with Crippen LogP contribution in [0, 0.1) is 5.92 Å². The summed E-state index contributed by atoms with van der Waals surface area (Å²) in [5.74, 6) is 0.709. The number of benzene rings is 1. The smallest absolute Gasteiger partial charge is 0.0914 e. The second-order valence-electron chi connectivity index (χ2n) is 4.94. The predicted molar refractivity (Wildman–Crippen MR) is 95.0 cm³/mol. The van der Waals surface area contributed by atoms with Crippen LogP contribution < -0.4 is 0 Å². The van der Waals surface area contributed by atoms with Crippen LogP contribution in [-0.4, -0.2) is 11.0 Å². The molecule has 2 atom stereocenters. The molecule has 1 aromatic rings. The molecule has 0 aliphatic rings. The van der Waals surface area contributed by atoms with Crippen LogP contribution >= 0.6 is 38.5 Å². The molecule has 0 saturated carbocycles. The Morgan fingerprint density at radius 1 is 1.21 bits per heavy atom. The van der Waals surface area contributed by atoms with Crippen molar-refractivity contribution in [2.75, 3.05) is 11.0 Å². The number of ether oxygens (including phenoxy) is 1. The molecule has 3 heteroatoms. The van der Waals surface area contributed by atoms with Gasteiger partial charge in [0.15, 0.2) is 0 Å². The third-order valence-electron chi connectivity index (χ3n) is 3.46. The van der Waals surface area contributed by atoms with Crippen LogP contribution in [0.4, 0.5) is 0 Å². The van der Waals surface area contributed by atoms with E-state index >= 15 is 0 Å². The lowest BCUT2D eigenvalue weighted by atomic mass is 10.0. The molecular formula is C16H24BrIO. The summed E-state index contributed by atoms with van der Waals surface area (Å²) in [4.78, 5) is 0. The van der Waals surface area contributed by atoms with Crippen LogP contribution in [0.3, 0.4) is 0 Å². The van der Waals surface area contributed by atoms with Gasteiger partial charge in [-0.2, -0.15) is 0 Å². The summed E-state index contributed by atoms with van der Waals surface area (Å²) in [6.07, 6.45) is 5.33. The van der Waals surface area contributed by atoms with Crippen LogP contribution in [0.2, 0.25) is 0 Å². The van der Waals surface area contributed by atoms with E-state index in [1.54, 1.807) is 0 Å². The Balaban J connectivity index is 2.49. The van der Waals surface area contributed by atoms with Gasteiger partial charge in [0, 0.05) is 8.90 Å². The molecule has 0 spiro atoms. The van der Waals surface area contributed by atoms with E-state index in [0.717, 1.165) is 15.5 Å². The fourth-order valence-corrected chi connectivity index (χ4v) is 3.08. The maximum absolute atomic E-state index is 6.14. The molecule has 19 heavy (non-hydrogen) atoms. The minimum Gasteiger partial charge on any atom is -0.372 e. The first-order valence-electron chi connectivity index (χ1n) is 7.14. The third-order valence-corrected chi connectivity index (χ3v) is 4.79. The zero-order valence-corrected chi connectivity index (χ0v) is 15.6. The molecule has 0 fully saturated rings. The first kappa shape index (κ1) is 17.4. The van der Waals surface area contributed by atoms with Crippen molar-refractivity contribution < 1.29 is 4.74 Å². The lowest BCUT2D eigenvalue weighted by Gasteiger charge is -2.20. The Bertz CT molecular complexity index is 339. The number of unbranched alkanes of at least 4 members (excludes halogenated alkanes) is 1. The maximum Gasteiger partial charge on any atom is 0.0914 e. The quantitative estimate of drug-likeness (QED) is 0.331. The highest BCUT2D eigenvalue weighted by molar-refractivity contribution is 14.1. The minimum absolute atomic E-state index is 0.226. The van der Waals surface area contributed by atoms with E-state index in [-0.39, 0.29) is 6.10 Å². The number of hydrogen-bond donors (Lipinski definition) is 0. The third kappa shape index (κ3) is 6.58. The van der Waals surface area contributed by atoms with Gasteiger partial charge in [0.05, 0.1) is 12.7 Å². The highest BCUT2D eigenvalue weighted by atomic mass is 127. The zero-order chi connectivity index (χ0) is 14.1. The highest BCUT2D eigenvalue weighted by Gasteiger charge is 2.13. The van der Waals surface area contributed by atoms with Crippen molar-refractivity contribution in [2.24, 2.45) is 5.92 Å². The summed E-state index contributed by atoms with van der Waals surface area (Å²) in [6.45, 7) is 5.41. The van der Waals surface area contributed by atoms with Gasteiger partial charge < -0.3 is 4.74 Å². The molecule has 2 unspecified atom stereocenters. The van der Waals surface area contributed by atoms with E-state index in [1.165, 1.54) is 31.2 Å². The fourth-order valence-electron chi connectivity index (χ4n) is 2.06. The molecule has 0 radical (unpaired) electrons. The van der Waals surface area contributed by atoms with Crippen molar-refractivity contribution in [2.45, 2.75) is 45.6 Å². The molecule has 108 valence electrons. The Labute approximate surface area is 139 Å². The molecule has 1 rings (SSSR count). The molecular weight excluding hydrogens is 415 g/mol. The summed E-state index contributed by atoms with van der Waals surface area (Å²) in [5, 5.41) is 0. The van der Waals surface area contributed by atoms with Gasteiger partial charge in [-0.15, -0.1) is 0 Å². The predicted octanol–water partition coefficient (Wildman–Crippen LogP) is 6.16. The molecule has 0 aliphatic heterocycles. The number of alkyl halides is 1.